The molecule has 1 unspecified atom stereocenters. The lowest BCUT2D eigenvalue weighted by atomic mass is 9.98. The van der Waals surface area contributed by atoms with Crippen LogP contribution in [0.4, 0.5) is 5.82 Å². The molecule has 1 fully saturated rings. The Balaban J connectivity index is 2.03. The number of aromatic nitrogens is 1. The van der Waals surface area contributed by atoms with E-state index in [2.05, 4.69) is 34.3 Å². The van der Waals surface area contributed by atoms with Crippen molar-refractivity contribution < 1.29 is 0 Å². The third-order valence-corrected chi connectivity index (χ3v) is 3.24. The first kappa shape index (κ1) is 11.4. The number of hydrogen-bond acceptors (Lipinski definition) is 3. The molecule has 1 atom stereocenters. The summed E-state index contributed by atoms with van der Waals surface area (Å²) >= 11 is 0. The lowest BCUT2D eigenvalue weighted by Crippen LogP contribution is -2.39. The Morgan fingerprint density at radius 1 is 1.56 bits per heavy atom. The number of hydrogen-bond donors (Lipinski definition) is 1. The van der Waals surface area contributed by atoms with Gasteiger partial charge in [-0.05, 0) is 57.0 Å². The summed E-state index contributed by atoms with van der Waals surface area (Å²) in [6.45, 7) is 5.52. The maximum atomic E-state index is 4.46. The normalized spacial score (nSPS) is 21.1. The van der Waals surface area contributed by atoms with E-state index in [9.17, 15) is 0 Å². The molecule has 1 N–H and O–H groups in total. The zero-order chi connectivity index (χ0) is 11.4. The Bertz CT molecular complexity index is 336. The zero-order valence-electron chi connectivity index (χ0n) is 10.2. The SMILES string of the molecule is CNCC1CCCN(c2cc(C)ccn2)C1. The first-order valence-electron chi connectivity index (χ1n) is 6.12. The van der Waals surface area contributed by atoms with Crippen LogP contribution in [0.5, 0.6) is 0 Å². The molecule has 0 radical (unpaired) electrons. The Morgan fingerprint density at radius 3 is 3.19 bits per heavy atom. The van der Waals surface area contributed by atoms with E-state index in [0.29, 0.717) is 0 Å². The van der Waals surface area contributed by atoms with Gasteiger partial charge < -0.3 is 10.2 Å². The first-order chi connectivity index (χ1) is 7.79. The van der Waals surface area contributed by atoms with E-state index in [-0.39, 0.29) is 0 Å². The summed E-state index contributed by atoms with van der Waals surface area (Å²) in [5.74, 6) is 1.90. The van der Waals surface area contributed by atoms with Gasteiger partial charge in [-0.25, -0.2) is 4.98 Å². The molecule has 1 aliphatic rings. The number of aryl methyl sites for hydroxylation is 1. The van der Waals surface area contributed by atoms with Crippen LogP contribution < -0.4 is 10.2 Å². The highest BCUT2D eigenvalue weighted by Crippen LogP contribution is 2.21. The smallest absolute Gasteiger partial charge is 0.128 e. The van der Waals surface area contributed by atoms with Crippen LogP contribution in [-0.4, -0.2) is 31.7 Å². The second-order valence-electron chi connectivity index (χ2n) is 4.70. The minimum atomic E-state index is 0.765. The molecule has 3 nitrogen and oxygen atoms in total. The molecule has 0 spiro atoms. The van der Waals surface area contributed by atoms with Crippen molar-refractivity contribution in [3.63, 3.8) is 0 Å². The number of nitrogens with zero attached hydrogens (tertiary/aromatic N) is 2. The quantitative estimate of drug-likeness (QED) is 0.840. The molecular weight excluding hydrogens is 198 g/mol. The second-order valence-corrected chi connectivity index (χ2v) is 4.70. The standard InChI is InChI=1S/C13H21N3/c1-11-5-6-15-13(8-11)16-7-3-4-12(10-16)9-14-2/h5-6,8,12,14H,3-4,7,9-10H2,1-2H3. The zero-order valence-corrected chi connectivity index (χ0v) is 10.2. The lowest BCUT2D eigenvalue weighted by Gasteiger charge is -2.33. The predicted octanol–water partition coefficient (Wildman–Crippen LogP) is 1.83. The highest BCUT2D eigenvalue weighted by Gasteiger charge is 2.20. The van der Waals surface area contributed by atoms with E-state index in [1.807, 2.05) is 13.2 Å². The van der Waals surface area contributed by atoms with Gasteiger partial charge in [-0.3, -0.25) is 0 Å². The van der Waals surface area contributed by atoms with E-state index in [1.54, 1.807) is 0 Å². The monoisotopic (exact) mass is 219 g/mol. The van der Waals surface area contributed by atoms with E-state index in [0.717, 1.165) is 31.4 Å². The maximum absolute atomic E-state index is 4.46. The largest absolute Gasteiger partial charge is 0.356 e. The van der Waals surface area contributed by atoms with Crippen LogP contribution in [-0.2, 0) is 0 Å². The van der Waals surface area contributed by atoms with Crippen molar-refractivity contribution in [2.24, 2.45) is 5.92 Å². The topological polar surface area (TPSA) is 28.2 Å². The average molecular weight is 219 g/mol. The minimum Gasteiger partial charge on any atom is -0.356 e. The van der Waals surface area contributed by atoms with Crippen molar-refractivity contribution in [1.29, 1.82) is 0 Å². The number of rotatable bonds is 3. The summed E-state index contributed by atoms with van der Waals surface area (Å²) in [5, 5.41) is 3.27. The molecule has 1 aromatic rings. The van der Waals surface area contributed by atoms with Gasteiger partial charge in [0.05, 0.1) is 0 Å². The number of nitrogens with one attached hydrogen (secondary N) is 1. The Morgan fingerprint density at radius 2 is 2.44 bits per heavy atom. The van der Waals surface area contributed by atoms with Gasteiger partial charge in [0.25, 0.3) is 0 Å². The fraction of sp³-hybridized carbons (Fsp3) is 0.615. The van der Waals surface area contributed by atoms with Gasteiger partial charge in [0, 0.05) is 19.3 Å². The molecule has 1 aliphatic heterocycles. The maximum Gasteiger partial charge on any atom is 0.128 e. The van der Waals surface area contributed by atoms with Gasteiger partial charge in [0.2, 0.25) is 0 Å². The van der Waals surface area contributed by atoms with E-state index < -0.39 is 0 Å². The molecule has 0 amide bonds. The van der Waals surface area contributed by atoms with Gasteiger partial charge in [0.15, 0.2) is 0 Å². The second kappa shape index (κ2) is 5.30. The minimum absolute atomic E-state index is 0.765. The summed E-state index contributed by atoms with van der Waals surface area (Å²) < 4.78 is 0. The molecule has 2 rings (SSSR count). The van der Waals surface area contributed by atoms with Gasteiger partial charge >= 0.3 is 0 Å². The van der Waals surface area contributed by atoms with Crippen molar-refractivity contribution in [2.45, 2.75) is 19.8 Å². The van der Waals surface area contributed by atoms with E-state index in [4.69, 9.17) is 0 Å². The summed E-state index contributed by atoms with van der Waals surface area (Å²) in [6, 6.07) is 4.24. The van der Waals surface area contributed by atoms with Crippen LogP contribution in [0.2, 0.25) is 0 Å². The number of anilines is 1. The molecule has 0 saturated carbocycles. The van der Waals surface area contributed by atoms with E-state index in [1.165, 1.54) is 18.4 Å². The summed E-state index contributed by atoms with van der Waals surface area (Å²) in [6.07, 6.45) is 4.53. The molecule has 16 heavy (non-hydrogen) atoms. The first-order valence-corrected chi connectivity index (χ1v) is 6.12. The molecule has 2 heterocycles. The molecule has 1 aromatic heterocycles. The van der Waals surface area contributed by atoms with Crippen LogP contribution in [0.25, 0.3) is 0 Å². The van der Waals surface area contributed by atoms with Crippen LogP contribution in [0.1, 0.15) is 18.4 Å². The summed E-state index contributed by atoms with van der Waals surface area (Å²) in [4.78, 5) is 6.88. The van der Waals surface area contributed by atoms with Crippen molar-refractivity contribution in [3.8, 4) is 0 Å². The van der Waals surface area contributed by atoms with Gasteiger partial charge in [-0.1, -0.05) is 0 Å². The van der Waals surface area contributed by atoms with Crippen molar-refractivity contribution in [3.05, 3.63) is 23.9 Å². The van der Waals surface area contributed by atoms with Crippen LogP contribution >= 0.6 is 0 Å². The molecule has 0 aromatic carbocycles. The van der Waals surface area contributed by atoms with E-state index >= 15 is 0 Å². The highest BCUT2D eigenvalue weighted by atomic mass is 15.2. The predicted molar refractivity (Wildman–Crippen MR) is 67.8 cm³/mol. The fourth-order valence-electron chi connectivity index (χ4n) is 2.42. The van der Waals surface area contributed by atoms with Crippen LogP contribution in [0.15, 0.2) is 18.3 Å². The van der Waals surface area contributed by atoms with Gasteiger partial charge in [-0.15, -0.1) is 0 Å². The van der Waals surface area contributed by atoms with Crippen molar-refractivity contribution >= 4 is 5.82 Å². The fourth-order valence-corrected chi connectivity index (χ4v) is 2.42. The van der Waals surface area contributed by atoms with Crippen LogP contribution in [0.3, 0.4) is 0 Å². The van der Waals surface area contributed by atoms with Crippen LogP contribution in [0, 0.1) is 12.8 Å². The Hall–Kier alpha value is -1.09. The molecule has 88 valence electrons. The molecule has 0 bridgehead atoms. The van der Waals surface area contributed by atoms with Crippen molar-refractivity contribution in [2.75, 3.05) is 31.6 Å². The number of piperidine rings is 1. The molecule has 0 aliphatic carbocycles. The van der Waals surface area contributed by atoms with Gasteiger partial charge in [-0.2, -0.15) is 0 Å². The highest BCUT2D eigenvalue weighted by molar-refractivity contribution is 5.41. The number of pyridine rings is 1. The third-order valence-electron chi connectivity index (χ3n) is 3.24. The molecule has 1 saturated heterocycles. The summed E-state index contributed by atoms with van der Waals surface area (Å²) in [5.41, 5.74) is 1.29. The molecular formula is C13H21N3. The Labute approximate surface area is 97.9 Å². The lowest BCUT2D eigenvalue weighted by molar-refractivity contribution is 0.401. The molecule has 3 heteroatoms. The van der Waals surface area contributed by atoms with Crippen molar-refractivity contribution in [1.82, 2.24) is 10.3 Å². The third kappa shape index (κ3) is 2.73. The Kier molecular flexibility index (Phi) is 3.78. The summed E-state index contributed by atoms with van der Waals surface area (Å²) in [7, 11) is 2.03. The van der Waals surface area contributed by atoms with Gasteiger partial charge in [0.1, 0.15) is 5.82 Å². The average Bonchev–Trinajstić information content (AvgIpc) is 2.30.